The van der Waals surface area contributed by atoms with Crippen molar-refractivity contribution in [3.05, 3.63) is 59.2 Å². The second kappa shape index (κ2) is 48.9. The summed E-state index contributed by atoms with van der Waals surface area (Å²) < 4.78 is 20.1. The molecule has 3 nitrogen and oxygen atoms in total. The minimum absolute atomic E-state index is 0.690. The van der Waals surface area contributed by atoms with Gasteiger partial charge in [0.15, 0.2) is 11.5 Å². The largest absolute Gasteiger partial charge is 0.490 e. The molecule has 0 atom stereocenters. The average molecular weight is 988 g/mol. The summed E-state index contributed by atoms with van der Waals surface area (Å²) in [5.41, 5.74) is 3.49. The van der Waals surface area contributed by atoms with E-state index < -0.39 is 0 Å². The van der Waals surface area contributed by atoms with Crippen LogP contribution in [0.3, 0.4) is 0 Å². The summed E-state index contributed by atoms with van der Waals surface area (Å²) in [5.74, 6) is 2.41. The summed E-state index contributed by atoms with van der Waals surface area (Å²) in [6.45, 7) is 11.2. The number of thiocarbonyl (C=S) groups is 1. The van der Waals surface area contributed by atoms with E-state index in [1.807, 2.05) is 0 Å². The lowest BCUT2D eigenvalue weighted by molar-refractivity contribution is 0.234. The van der Waals surface area contributed by atoms with Gasteiger partial charge in [0.05, 0.1) is 19.8 Å². The molecule has 70 heavy (non-hydrogen) atoms. The molecule has 0 N–H and O–H groups in total. The lowest BCUT2D eigenvalue weighted by Crippen LogP contribution is -2.07. The average Bonchev–Trinajstić information content (AvgIpc) is 3.37. The van der Waals surface area contributed by atoms with Gasteiger partial charge in [0.2, 0.25) is 5.75 Å². The molecule has 0 bridgehead atoms. The van der Waals surface area contributed by atoms with Gasteiger partial charge in [-0.05, 0) is 60.6 Å². The Balaban J connectivity index is 2.00. The number of ether oxygens (including phenoxy) is 3. The number of aryl methyl sites for hydroxylation is 1. The number of unbranched alkanes of at least 4 members (excludes halogenated alkanes) is 39. The van der Waals surface area contributed by atoms with Crippen LogP contribution in [0.5, 0.6) is 17.2 Å². The highest BCUT2D eigenvalue weighted by atomic mass is 32.1. The van der Waals surface area contributed by atoms with E-state index in [-0.39, 0.29) is 0 Å². The van der Waals surface area contributed by atoms with Crippen LogP contribution in [0.15, 0.2) is 42.5 Å². The van der Waals surface area contributed by atoms with Gasteiger partial charge in [-0.2, -0.15) is 0 Å². The first-order chi connectivity index (χ1) is 34.6. The number of hydrogen-bond donors (Lipinski definition) is 0. The van der Waals surface area contributed by atoms with Crippen molar-refractivity contribution < 1.29 is 14.2 Å². The minimum Gasteiger partial charge on any atom is -0.490 e. The van der Waals surface area contributed by atoms with E-state index in [1.54, 1.807) is 0 Å². The fourth-order valence-corrected chi connectivity index (χ4v) is 10.1. The maximum Gasteiger partial charge on any atom is 0.203 e. The maximum atomic E-state index is 6.71. The molecule has 0 saturated heterocycles. The monoisotopic (exact) mass is 987 g/mol. The van der Waals surface area contributed by atoms with Crippen LogP contribution in [0.25, 0.3) is 6.08 Å². The van der Waals surface area contributed by atoms with Gasteiger partial charge in [-0.3, -0.25) is 0 Å². The van der Waals surface area contributed by atoms with Crippen LogP contribution in [-0.2, 0) is 6.42 Å². The lowest BCUT2D eigenvalue weighted by atomic mass is 10.0. The summed E-state index contributed by atoms with van der Waals surface area (Å²) in [6.07, 6.45) is 63.3. The zero-order chi connectivity index (χ0) is 50.1. The molecule has 4 heteroatoms. The molecule has 0 unspecified atom stereocenters. The third kappa shape index (κ3) is 36.6. The first-order valence-corrected chi connectivity index (χ1v) is 31.4. The van der Waals surface area contributed by atoms with E-state index in [9.17, 15) is 0 Å². The summed E-state index contributed by atoms with van der Waals surface area (Å²) in [6, 6.07) is 13.1. The first-order valence-electron chi connectivity index (χ1n) is 31.0. The van der Waals surface area contributed by atoms with Crippen LogP contribution in [-0.4, -0.2) is 24.7 Å². The Bertz CT molecular complexity index is 1410. The third-order valence-electron chi connectivity index (χ3n) is 14.5. The first kappa shape index (κ1) is 63.8. The van der Waals surface area contributed by atoms with Gasteiger partial charge in [-0.15, -0.1) is 0 Å². The standard InChI is InChI=1S/C66H114O3S/c1-5-9-12-15-18-21-24-27-30-33-36-39-42-45-55-67-63-58-61(51-54-65(70)62-52-49-60(48-8-4)50-53-62)59-64(68-56-46-43-40-37-34-31-28-25-22-19-16-13-10-6-2)66(63)69-57-47-44-41-38-35-32-29-26-23-20-17-14-11-7-3/h49-54,58-59H,5-48,55-57H2,1-4H3. The Kier molecular flexibility index (Phi) is 44.6. The highest BCUT2D eigenvalue weighted by Crippen LogP contribution is 2.40. The molecular formula is C66H114O3S. The SMILES string of the molecule is CCCCCCCCCCCCCCCCOc1cc(C=CC(=S)c2ccc(CCC)cc2)cc(OCCCCCCCCCCCCCCCC)c1OCCCCCCCCCCCCCCCC. The molecule has 402 valence electrons. The Morgan fingerprint density at radius 2 is 0.643 bits per heavy atom. The van der Waals surface area contributed by atoms with Gasteiger partial charge in [0.1, 0.15) is 0 Å². The summed E-state index contributed by atoms with van der Waals surface area (Å²) >= 11 is 5.94. The van der Waals surface area contributed by atoms with E-state index in [1.165, 1.54) is 256 Å². The smallest absolute Gasteiger partial charge is 0.203 e. The van der Waals surface area contributed by atoms with Gasteiger partial charge in [-0.25, -0.2) is 0 Å². The zero-order valence-corrected chi connectivity index (χ0v) is 47.8. The second-order valence-electron chi connectivity index (χ2n) is 21.3. The Morgan fingerprint density at radius 1 is 0.357 bits per heavy atom. The Labute approximate surface area is 441 Å². The molecule has 0 aliphatic carbocycles. The topological polar surface area (TPSA) is 27.7 Å². The van der Waals surface area contributed by atoms with Gasteiger partial charge in [0.25, 0.3) is 0 Å². The Hall–Kier alpha value is -2.33. The van der Waals surface area contributed by atoms with Crippen molar-refractivity contribution in [2.75, 3.05) is 19.8 Å². The van der Waals surface area contributed by atoms with E-state index >= 15 is 0 Å². The zero-order valence-electron chi connectivity index (χ0n) is 47.0. The fraction of sp³-hybridized carbons (Fsp3) is 0.773. The van der Waals surface area contributed by atoms with Crippen LogP contribution in [0.1, 0.15) is 320 Å². The summed E-state index contributed by atoms with van der Waals surface area (Å²) in [4.78, 5) is 0.843. The molecule has 0 fully saturated rings. The van der Waals surface area contributed by atoms with Gasteiger partial charge < -0.3 is 14.2 Å². The van der Waals surface area contributed by atoms with E-state index in [0.29, 0.717) is 19.8 Å². The molecule has 0 heterocycles. The highest BCUT2D eigenvalue weighted by Gasteiger charge is 2.16. The van der Waals surface area contributed by atoms with Crippen LogP contribution in [0, 0.1) is 0 Å². The maximum absolute atomic E-state index is 6.71. The molecule has 2 rings (SSSR count). The fourth-order valence-electron chi connectivity index (χ4n) is 9.87. The van der Waals surface area contributed by atoms with Gasteiger partial charge >= 0.3 is 0 Å². The van der Waals surface area contributed by atoms with Gasteiger partial charge in [0, 0.05) is 4.86 Å². The molecule has 0 aliphatic rings. The van der Waals surface area contributed by atoms with Gasteiger partial charge in [-0.1, -0.05) is 327 Å². The number of benzene rings is 2. The van der Waals surface area contributed by atoms with Crippen LogP contribution in [0.4, 0.5) is 0 Å². The summed E-state index contributed by atoms with van der Waals surface area (Å²) in [5, 5.41) is 0. The van der Waals surface area contributed by atoms with Crippen molar-refractivity contribution in [2.45, 2.75) is 310 Å². The normalized spacial score (nSPS) is 11.5. The Morgan fingerprint density at radius 3 is 0.943 bits per heavy atom. The molecule has 0 radical (unpaired) electrons. The van der Waals surface area contributed by atoms with Crippen LogP contribution >= 0.6 is 12.2 Å². The highest BCUT2D eigenvalue weighted by molar-refractivity contribution is 7.81. The number of allylic oxidation sites excluding steroid dienone is 1. The van der Waals surface area contributed by atoms with Crippen LogP contribution < -0.4 is 14.2 Å². The molecule has 2 aromatic rings. The summed E-state index contributed by atoms with van der Waals surface area (Å²) in [7, 11) is 0. The molecule has 0 amide bonds. The number of rotatable bonds is 53. The van der Waals surface area contributed by atoms with E-state index in [2.05, 4.69) is 76.2 Å². The number of hydrogen-bond acceptors (Lipinski definition) is 4. The molecule has 0 aliphatic heterocycles. The predicted molar refractivity (Wildman–Crippen MR) is 315 cm³/mol. The second-order valence-corrected chi connectivity index (χ2v) is 21.8. The van der Waals surface area contributed by atoms with Crippen molar-refractivity contribution in [3.63, 3.8) is 0 Å². The lowest BCUT2D eigenvalue weighted by Gasteiger charge is -2.18. The third-order valence-corrected chi connectivity index (χ3v) is 14.9. The molecule has 2 aromatic carbocycles. The molecule has 0 aromatic heterocycles. The molecule has 0 saturated carbocycles. The van der Waals surface area contributed by atoms with Crippen LogP contribution in [0.2, 0.25) is 0 Å². The van der Waals surface area contributed by atoms with E-state index in [4.69, 9.17) is 26.4 Å². The van der Waals surface area contributed by atoms with Crippen molar-refractivity contribution in [3.8, 4) is 17.2 Å². The predicted octanol–water partition coefficient (Wildman–Crippen LogP) is 22.7. The van der Waals surface area contributed by atoms with E-state index in [0.717, 1.165) is 65.3 Å². The minimum atomic E-state index is 0.690. The van der Waals surface area contributed by atoms with Crippen molar-refractivity contribution in [1.29, 1.82) is 0 Å². The molecule has 0 spiro atoms. The van der Waals surface area contributed by atoms with Crippen molar-refractivity contribution in [1.82, 2.24) is 0 Å². The molecular weight excluding hydrogens is 873 g/mol. The van der Waals surface area contributed by atoms with Crippen molar-refractivity contribution >= 4 is 23.2 Å². The van der Waals surface area contributed by atoms with Crippen molar-refractivity contribution in [2.24, 2.45) is 0 Å². The quantitative estimate of drug-likeness (QED) is 0.0286.